The maximum Gasteiger partial charge on any atom is 2.00 e. The molecule has 0 saturated heterocycles. The molecule has 6 nitrogen and oxygen atoms in total. The Balaban J connectivity index is -0.0000000267. The van der Waals surface area contributed by atoms with Crippen LogP contribution < -0.4 is 21.7 Å². The fourth-order valence-electron chi connectivity index (χ4n) is 0. The van der Waals surface area contributed by atoms with Gasteiger partial charge < -0.3 is 31.3 Å². The quantitative estimate of drug-likeness (QED) is 0.498. The monoisotopic (exact) mass is 276 g/mol. The number of nitrogens with two attached hydrogens (primary N) is 2. The number of carbonyl (C=O) groups is 2. The van der Waals surface area contributed by atoms with E-state index >= 15 is 0 Å². The van der Waals surface area contributed by atoms with Crippen molar-refractivity contribution in [1.29, 1.82) is 0 Å². The van der Waals surface area contributed by atoms with Crippen LogP contribution in [0.25, 0.3) is 0 Å². The zero-order valence-electron chi connectivity index (χ0n) is 6.37. The van der Waals surface area contributed by atoms with E-state index in [-0.39, 0.29) is 55.0 Å². The Hall–Kier alpha value is -0.0405. The predicted octanol–water partition coefficient (Wildman–Crippen LogP) is -3.77. The Morgan fingerprint density at radius 1 is 0.923 bits per heavy atom. The van der Waals surface area contributed by atoms with Gasteiger partial charge in [0.1, 0.15) is 0 Å². The summed E-state index contributed by atoms with van der Waals surface area (Å²) in [4.78, 5) is 18.3. The molecule has 0 unspecified atom stereocenters. The largest absolute Gasteiger partial charge is 2.00 e. The van der Waals surface area contributed by atoms with Crippen molar-refractivity contribution in [2.45, 2.75) is 0 Å². The third kappa shape index (κ3) is 75.7. The molecule has 0 saturated carbocycles. The molecule has 0 aliphatic rings. The average Bonchev–Trinajstić information content (AvgIpc) is 1.89. The topological polar surface area (TPSA) is 132 Å². The molecule has 0 aliphatic carbocycles. The summed E-state index contributed by atoms with van der Waals surface area (Å²) in [5.41, 5.74) is 9.02. The van der Waals surface area contributed by atoms with Crippen LogP contribution in [0.4, 0.5) is 0 Å². The second-order valence-electron chi connectivity index (χ2n) is 1.15. The molecular formula is C4H10Cl2FeN2O4. The van der Waals surface area contributed by atoms with Gasteiger partial charge in [0.25, 0.3) is 0 Å². The fourth-order valence-corrected chi connectivity index (χ4v) is 0. The summed E-state index contributed by atoms with van der Waals surface area (Å²) in [7, 11) is 0. The number of carboxylic acids is 2. The van der Waals surface area contributed by atoms with E-state index in [1.54, 1.807) is 0 Å². The first kappa shape index (κ1) is 29.3. The Labute approximate surface area is 98.3 Å². The zero-order chi connectivity index (χ0) is 8.57. The molecule has 0 aromatic heterocycles. The number of halogens is 2. The van der Waals surface area contributed by atoms with Gasteiger partial charge >= 0.3 is 17.1 Å². The standard InChI is InChI=1S/2C2H5NO2.2ClH.Fe/c2*3-1-2(4)5;;;/h2*1,3H2,(H,4,5);2*1H;/q;;;;+2/p-2. The fraction of sp³-hybridized carbons (Fsp3) is 0.500. The van der Waals surface area contributed by atoms with Crippen molar-refractivity contribution in [3.05, 3.63) is 0 Å². The van der Waals surface area contributed by atoms with Gasteiger partial charge in [-0.1, -0.05) is 0 Å². The molecule has 0 rings (SSSR count). The normalized spacial score (nSPS) is 5.69. The Morgan fingerprint density at radius 2 is 1.00 bits per heavy atom. The van der Waals surface area contributed by atoms with Crippen LogP contribution in [0.2, 0.25) is 0 Å². The molecule has 0 aromatic carbocycles. The van der Waals surface area contributed by atoms with Gasteiger partial charge in [0.2, 0.25) is 0 Å². The van der Waals surface area contributed by atoms with Crippen molar-refractivity contribution in [2.75, 3.05) is 13.1 Å². The first-order valence-electron chi connectivity index (χ1n) is 2.34. The molecule has 0 fully saturated rings. The van der Waals surface area contributed by atoms with Crippen molar-refractivity contribution >= 4 is 36.8 Å². The van der Waals surface area contributed by atoms with Crippen molar-refractivity contribution in [2.24, 2.45) is 11.5 Å². The molecule has 0 radical (unpaired) electrons. The number of aliphatic carboxylic acids is 2. The molecule has 0 atom stereocenters. The molecule has 0 aliphatic heterocycles. The first-order valence-corrected chi connectivity index (χ1v) is 2.34. The van der Waals surface area contributed by atoms with Gasteiger partial charge in [-0.25, -0.2) is 0 Å². The smallest absolute Gasteiger partial charge is 0.549 e. The van der Waals surface area contributed by atoms with E-state index in [0.29, 0.717) is 0 Å². The summed E-state index contributed by atoms with van der Waals surface area (Å²) in [6.07, 6.45) is 0. The van der Waals surface area contributed by atoms with Crippen LogP contribution in [0.15, 0.2) is 0 Å². The van der Waals surface area contributed by atoms with Gasteiger partial charge in [-0.2, -0.15) is 0 Å². The van der Waals surface area contributed by atoms with Crippen LogP contribution in [0.3, 0.4) is 0 Å². The number of hydrogen-bond acceptors (Lipinski definition) is 6. The van der Waals surface area contributed by atoms with Crippen molar-refractivity contribution in [1.82, 2.24) is 0 Å². The molecule has 0 aromatic rings. The van der Waals surface area contributed by atoms with Crippen LogP contribution in [-0.2, 0) is 26.7 Å². The molecule has 82 valence electrons. The van der Waals surface area contributed by atoms with E-state index < -0.39 is 11.9 Å². The molecular weight excluding hydrogens is 267 g/mol. The number of rotatable bonds is 2. The molecule has 4 N–H and O–H groups in total. The molecule has 0 heterocycles. The van der Waals surface area contributed by atoms with Gasteiger partial charge in [-0.05, 0) is 0 Å². The summed E-state index contributed by atoms with van der Waals surface area (Å²) >= 11 is 0. The Kier molecular flexibility index (Phi) is 51.0. The van der Waals surface area contributed by atoms with Gasteiger partial charge in [0.15, 0.2) is 0 Å². The molecule has 0 bridgehead atoms. The van der Waals surface area contributed by atoms with Crippen LogP contribution in [-0.4, -0.2) is 25.0 Å². The van der Waals surface area contributed by atoms with Crippen molar-refractivity contribution in [3.8, 4) is 0 Å². The third-order valence-electron chi connectivity index (χ3n) is 0.333. The van der Waals surface area contributed by atoms with Crippen LogP contribution in [0, 0.1) is 0 Å². The van der Waals surface area contributed by atoms with E-state index in [1.807, 2.05) is 0 Å². The summed E-state index contributed by atoms with van der Waals surface area (Å²) < 4.78 is 0. The SMILES string of the molecule is Cl.Cl.NCC(=O)[O-].NCC(=O)[O-].[Fe+2]. The average molecular weight is 277 g/mol. The Morgan fingerprint density at radius 3 is 1.00 bits per heavy atom. The number of carbonyl (C=O) groups excluding carboxylic acids is 2. The van der Waals surface area contributed by atoms with E-state index in [2.05, 4.69) is 11.5 Å². The number of hydrogen-bond donors (Lipinski definition) is 2. The van der Waals surface area contributed by atoms with E-state index in [1.165, 1.54) is 0 Å². The van der Waals surface area contributed by atoms with Gasteiger partial charge in [0.05, 0.1) is 11.9 Å². The minimum atomic E-state index is -1.22. The van der Waals surface area contributed by atoms with Gasteiger partial charge in [-0.15, -0.1) is 24.8 Å². The summed E-state index contributed by atoms with van der Waals surface area (Å²) in [5.74, 6) is -2.44. The van der Waals surface area contributed by atoms with E-state index in [9.17, 15) is 0 Å². The van der Waals surface area contributed by atoms with E-state index in [0.717, 1.165) is 0 Å². The zero-order valence-corrected chi connectivity index (χ0v) is 9.11. The summed E-state index contributed by atoms with van der Waals surface area (Å²) in [6.45, 7) is -0.778. The van der Waals surface area contributed by atoms with Crippen LogP contribution >= 0.6 is 24.8 Å². The summed E-state index contributed by atoms with van der Waals surface area (Å²) in [5, 5.41) is 18.3. The van der Waals surface area contributed by atoms with Crippen LogP contribution in [0.1, 0.15) is 0 Å². The van der Waals surface area contributed by atoms with Gasteiger partial charge in [-0.3, -0.25) is 0 Å². The second kappa shape index (κ2) is 22.7. The second-order valence-corrected chi connectivity index (χ2v) is 1.15. The first-order chi connectivity index (χ1) is 4.54. The Bertz CT molecular complexity index is 113. The minimum absolute atomic E-state index is 0. The summed E-state index contributed by atoms with van der Waals surface area (Å²) in [6, 6.07) is 0. The molecule has 9 heteroatoms. The maximum atomic E-state index is 9.13. The maximum absolute atomic E-state index is 9.13. The predicted molar refractivity (Wildman–Crippen MR) is 42.6 cm³/mol. The third-order valence-corrected chi connectivity index (χ3v) is 0.333. The van der Waals surface area contributed by atoms with Crippen molar-refractivity contribution in [3.63, 3.8) is 0 Å². The van der Waals surface area contributed by atoms with Crippen molar-refractivity contribution < 1.29 is 36.9 Å². The number of carboxylic acid groups (broad SMARTS) is 2. The van der Waals surface area contributed by atoms with Gasteiger partial charge in [0, 0.05) is 13.1 Å². The van der Waals surface area contributed by atoms with E-state index in [4.69, 9.17) is 19.8 Å². The molecule has 13 heavy (non-hydrogen) atoms. The molecule has 0 spiro atoms. The molecule has 0 amide bonds. The van der Waals surface area contributed by atoms with Crippen LogP contribution in [0.5, 0.6) is 0 Å². The minimum Gasteiger partial charge on any atom is -0.549 e.